The van der Waals surface area contributed by atoms with Crippen molar-refractivity contribution in [1.29, 1.82) is 0 Å². The number of aliphatic hydroxyl groups is 2. The van der Waals surface area contributed by atoms with E-state index < -0.39 is 67.3 Å². The van der Waals surface area contributed by atoms with E-state index >= 15 is 0 Å². The number of aliphatic hydroxyl groups excluding tert-OH is 2. The number of allylic oxidation sites excluding steroid dienone is 30. The fraction of sp³-hybridized carbons (Fsp3) is 0.534. The molecular weight excluding hydrogens is 1070 g/mol. The number of hydrogen-bond acceptors (Lipinski definition) is 11. The van der Waals surface area contributed by atoms with Gasteiger partial charge in [-0.3, -0.25) is 14.4 Å². The Balaban J connectivity index is 2.77. The van der Waals surface area contributed by atoms with E-state index in [4.69, 9.17) is 23.7 Å². The van der Waals surface area contributed by atoms with E-state index in [-0.39, 0.29) is 25.9 Å². The first kappa shape index (κ1) is 76.8. The first-order valence-electron chi connectivity index (χ1n) is 31.8. The van der Waals surface area contributed by atoms with E-state index in [0.29, 0.717) is 32.1 Å². The molecule has 0 aliphatic carbocycles. The highest BCUT2D eigenvalue weighted by molar-refractivity contribution is 5.74. The highest BCUT2D eigenvalue weighted by Gasteiger charge is 2.50. The Bertz CT molecular complexity index is 2180. The highest BCUT2D eigenvalue weighted by Crippen LogP contribution is 2.26. The Morgan fingerprint density at radius 3 is 1.15 bits per heavy atom. The second-order valence-electron chi connectivity index (χ2n) is 20.5. The molecule has 0 saturated carbocycles. The number of esters is 3. The molecule has 12 nitrogen and oxygen atoms in total. The molecule has 6 atom stereocenters. The Morgan fingerprint density at radius 1 is 0.388 bits per heavy atom. The molecule has 6 unspecified atom stereocenters. The largest absolute Gasteiger partial charge is 0.479 e. The van der Waals surface area contributed by atoms with Crippen molar-refractivity contribution in [2.24, 2.45) is 0 Å². The summed E-state index contributed by atoms with van der Waals surface area (Å²) < 4.78 is 28.3. The summed E-state index contributed by atoms with van der Waals surface area (Å²) in [6.45, 7) is 5.55. The third kappa shape index (κ3) is 47.7. The van der Waals surface area contributed by atoms with Gasteiger partial charge in [0.25, 0.3) is 0 Å². The fourth-order valence-corrected chi connectivity index (χ4v) is 8.24. The summed E-state index contributed by atoms with van der Waals surface area (Å²) >= 11 is 0. The molecule has 0 aromatic heterocycles. The molecule has 1 heterocycles. The summed E-state index contributed by atoms with van der Waals surface area (Å²) in [5, 5.41) is 31.6. The quantitative estimate of drug-likeness (QED) is 0.0228. The molecule has 472 valence electrons. The second-order valence-corrected chi connectivity index (χ2v) is 20.5. The van der Waals surface area contributed by atoms with Gasteiger partial charge in [0.15, 0.2) is 24.6 Å². The molecule has 1 fully saturated rings. The molecule has 0 aromatic rings. The average Bonchev–Trinajstić information content (AvgIpc) is 2.79. The molecule has 1 rings (SSSR count). The summed E-state index contributed by atoms with van der Waals surface area (Å²) in [4.78, 5) is 51.3. The molecule has 1 aliphatic rings. The van der Waals surface area contributed by atoms with Crippen LogP contribution in [0.5, 0.6) is 0 Å². The predicted octanol–water partition coefficient (Wildman–Crippen LogP) is 17.2. The van der Waals surface area contributed by atoms with E-state index in [1.807, 2.05) is 30.4 Å². The molecular formula is C73H108O12. The number of carboxylic acids is 1. The number of hydrogen-bond donors (Lipinski definition) is 3. The Labute approximate surface area is 512 Å². The Morgan fingerprint density at radius 2 is 0.741 bits per heavy atom. The second kappa shape index (κ2) is 58.2. The van der Waals surface area contributed by atoms with Gasteiger partial charge in [-0.2, -0.15) is 0 Å². The van der Waals surface area contributed by atoms with E-state index in [2.05, 4.69) is 173 Å². The van der Waals surface area contributed by atoms with Crippen molar-refractivity contribution in [1.82, 2.24) is 0 Å². The van der Waals surface area contributed by atoms with Crippen molar-refractivity contribution in [3.8, 4) is 0 Å². The minimum atomic E-state index is -1.95. The Kier molecular flexibility index (Phi) is 52.6. The lowest BCUT2D eigenvalue weighted by Crippen LogP contribution is -2.61. The van der Waals surface area contributed by atoms with Crippen LogP contribution in [0.3, 0.4) is 0 Å². The molecule has 0 spiro atoms. The van der Waals surface area contributed by atoms with Crippen LogP contribution in [0.1, 0.15) is 201 Å². The molecule has 0 radical (unpaired) electrons. The lowest BCUT2D eigenvalue weighted by molar-refractivity contribution is -0.301. The SMILES string of the molecule is CC/C=C\C/C=C\C/C=C\C/C=C\C/C=C\C/C=C\CCC(=O)OC1C(OCC(COC(=O)CCCCCCCC/C=C\C/C=C\C/C=C\C/C=C\CC)OC(=O)CCC/C=C\C/C=C\C/C=C\C/C=C\C/C=C\CC)OC(C(=O)O)C(O)C1O. The predicted molar refractivity (Wildman–Crippen MR) is 348 cm³/mol. The van der Waals surface area contributed by atoms with Gasteiger partial charge < -0.3 is 39.0 Å². The molecule has 0 aromatic carbocycles. The number of carbonyl (C=O) groups excluding carboxylic acids is 3. The maximum Gasteiger partial charge on any atom is 0.335 e. The molecule has 12 heteroatoms. The van der Waals surface area contributed by atoms with Crippen molar-refractivity contribution < 1.29 is 58.2 Å². The lowest BCUT2D eigenvalue weighted by atomic mass is 9.98. The zero-order chi connectivity index (χ0) is 61.7. The minimum absolute atomic E-state index is 0.0606. The van der Waals surface area contributed by atoms with Gasteiger partial charge in [-0.25, -0.2) is 4.79 Å². The smallest absolute Gasteiger partial charge is 0.335 e. The van der Waals surface area contributed by atoms with E-state index in [0.717, 1.165) is 128 Å². The van der Waals surface area contributed by atoms with Crippen LogP contribution in [0, 0.1) is 0 Å². The summed E-state index contributed by atoms with van der Waals surface area (Å²) in [6.07, 6.45) is 75.8. The van der Waals surface area contributed by atoms with Gasteiger partial charge in [0.2, 0.25) is 0 Å². The number of ether oxygens (including phenoxy) is 5. The maximum atomic E-state index is 13.2. The van der Waals surface area contributed by atoms with Crippen LogP contribution in [0.4, 0.5) is 0 Å². The number of carbonyl (C=O) groups is 4. The normalized spacial score (nSPS) is 18.7. The summed E-state index contributed by atoms with van der Waals surface area (Å²) in [6, 6.07) is 0. The van der Waals surface area contributed by atoms with Gasteiger partial charge >= 0.3 is 23.9 Å². The molecule has 0 amide bonds. The van der Waals surface area contributed by atoms with Gasteiger partial charge in [-0.05, 0) is 135 Å². The first-order chi connectivity index (χ1) is 41.6. The maximum absolute atomic E-state index is 13.2. The van der Waals surface area contributed by atoms with Gasteiger partial charge in [-0.1, -0.05) is 229 Å². The van der Waals surface area contributed by atoms with Crippen LogP contribution >= 0.6 is 0 Å². The van der Waals surface area contributed by atoms with E-state index in [1.54, 1.807) is 0 Å². The van der Waals surface area contributed by atoms with E-state index in [9.17, 15) is 34.5 Å². The molecule has 0 bridgehead atoms. The number of rotatable bonds is 51. The topological polar surface area (TPSA) is 175 Å². The summed E-state index contributed by atoms with van der Waals surface area (Å²) in [5.41, 5.74) is 0. The van der Waals surface area contributed by atoms with Crippen molar-refractivity contribution in [2.45, 2.75) is 237 Å². The minimum Gasteiger partial charge on any atom is -0.479 e. The summed E-state index contributed by atoms with van der Waals surface area (Å²) in [7, 11) is 0. The van der Waals surface area contributed by atoms with Crippen LogP contribution in [0.15, 0.2) is 182 Å². The zero-order valence-electron chi connectivity index (χ0n) is 52.0. The van der Waals surface area contributed by atoms with Gasteiger partial charge in [-0.15, -0.1) is 0 Å². The van der Waals surface area contributed by atoms with Gasteiger partial charge in [0, 0.05) is 19.3 Å². The van der Waals surface area contributed by atoms with Crippen molar-refractivity contribution in [3.05, 3.63) is 182 Å². The van der Waals surface area contributed by atoms with E-state index in [1.165, 1.54) is 0 Å². The van der Waals surface area contributed by atoms with Gasteiger partial charge in [0.05, 0.1) is 6.61 Å². The van der Waals surface area contributed by atoms with Crippen LogP contribution < -0.4 is 0 Å². The molecule has 85 heavy (non-hydrogen) atoms. The fourth-order valence-electron chi connectivity index (χ4n) is 8.24. The summed E-state index contributed by atoms with van der Waals surface area (Å²) in [5.74, 6) is -3.36. The molecule has 1 saturated heterocycles. The standard InChI is InChI=1S/C73H108O12/c1-4-7-10-13-16-19-22-25-28-31-33-36-38-41-44-47-50-53-56-59-65(74)81-62-64(83-66(75)60-57-54-51-48-45-42-39-35-30-27-24-21-18-15-12-9-6-3)63-82-73-71(69(78)68(77)70(85-73)72(79)80)84-67(76)61-58-55-52-49-46-43-40-37-34-32-29-26-23-20-17-14-11-8-5-2/h7-12,16-21,25-30,33-34,36-37,39,42-43,46,48,51-52,55,64,68-71,73,77-78H,4-6,13-15,22-24,31-32,35,38,40-41,44-45,47,49-50,53-54,56-63H2,1-3H3,(H,79,80)/b10-7-,11-8-,12-9-,19-16-,20-17-,21-18-,28-25-,29-26-,30-27-,36-33-,37-34-,42-39-,46-43-,51-48-,55-52-. The Hall–Kier alpha value is -6.18. The highest BCUT2D eigenvalue weighted by atomic mass is 16.7. The van der Waals surface area contributed by atoms with Gasteiger partial charge in [0.1, 0.15) is 18.8 Å². The van der Waals surface area contributed by atoms with Crippen molar-refractivity contribution >= 4 is 23.9 Å². The molecule has 3 N–H and O–H groups in total. The van der Waals surface area contributed by atoms with Crippen LogP contribution in [-0.4, -0.2) is 89.2 Å². The number of aliphatic carboxylic acids is 1. The third-order valence-electron chi connectivity index (χ3n) is 13.0. The van der Waals surface area contributed by atoms with Crippen molar-refractivity contribution in [2.75, 3.05) is 13.2 Å². The monoisotopic (exact) mass is 1180 g/mol. The van der Waals surface area contributed by atoms with Crippen molar-refractivity contribution in [3.63, 3.8) is 0 Å². The lowest BCUT2D eigenvalue weighted by Gasteiger charge is -2.40. The number of unbranched alkanes of at least 4 members (excludes halogenated alkanes) is 7. The van der Waals surface area contributed by atoms with Crippen LogP contribution in [0.2, 0.25) is 0 Å². The third-order valence-corrected chi connectivity index (χ3v) is 13.0. The van der Waals surface area contributed by atoms with Crippen LogP contribution in [0.25, 0.3) is 0 Å². The average molecular weight is 1180 g/mol. The molecule has 1 aliphatic heterocycles. The van der Waals surface area contributed by atoms with Crippen LogP contribution in [-0.2, 0) is 42.9 Å². The number of carboxylic acid groups (broad SMARTS) is 1. The first-order valence-corrected chi connectivity index (χ1v) is 31.8. The zero-order valence-corrected chi connectivity index (χ0v) is 52.0.